The van der Waals surface area contributed by atoms with E-state index < -0.39 is 0 Å². The number of rotatable bonds is 3. The SMILES string of the molecule is CCc1ccc(O)c(N=Cc2c(O)cc(C)c(Cl)c2C)c1. The van der Waals surface area contributed by atoms with E-state index >= 15 is 0 Å². The van der Waals surface area contributed by atoms with Crippen LogP contribution in [0.2, 0.25) is 5.02 Å². The van der Waals surface area contributed by atoms with Crippen molar-refractivity contribution < 1.29 is 10.2 Å². The molecule has 110 valence electrons. The highest BCUT2D eigenvalue weighted by atomic mass is 35.5. The quantitative estimate of drug-likeness (QED) is 0.809. The number of hydrogen-bond donors (Lipinski definition) is 2. The van der Waals surface area contributed by atoms with Gasteiger partial charge in [0, 0.05) is 16.8 Å². The molecule has 2 rings (SSSR count). The van der Waals surface area contributed by atoms with Crippen LogP contribution >= 0.6 is 11.6 Å². The van der Waals surface area contributed by atoms with Crippen molar-refractivity contribution in [1.29, 1.82) is 0 Å². The molecule has 0 saturated heterocycles. The Hall–Kier alpha value is -2.00. The summed E-state index contributed by atoms with van der Waals surface area (Å²) in [5.74, 6) is 0.239. The van der Waals surface area contributed by atoms with Crippen LogP contribution in [0.5, 0.6) is 11.5 Å². The fourth-order valence-corrected chi connectivity index (χ4v) is 2.30. The molecule has 4 heteroatoms. The van der Waals surface area contributed by atoms with Gasteiger partial charge >= 0.3 is 0 Å². The summed E-state index contributed by atoms with van der Waals surface area (Å²) in [6, 6.07) is 6.92. The minimum absolute atomic E-state index is 0.110. The van der Waals surface area contributed by atoms with Gasteiger partial charge in [-0.25, -0.2) is 0 Å². The number of aliphatic imine (C=N–C) groups is 1. The highest BCUT2D eigenvalue weighted by Gasteiger charge is 2.10. The van der Waals surface area contributed by atoms with Gasteiger partial charge in [-0.3, -0.25) is 4.99 Å². The lowest BCUT2D eigenvalue weighted by Gasteiger charge is -2.09. The molecule has 0 aromatic heterocycles. The lowest BCUT2D eigenvalue weighted by molar-refractivity contribution is 0.473. The Labute approximate surface area is 129 Å². The maximum Gasteiger partial charge on any atom is 0.141 e. The normalized spacial score (nSPS) is 11.2. The van der Waals surface area contributed by atoms with Gasteiger partial charge in [-0.05, 0) is 55.2 Å². The summed E-state index contributed by atoms with van der Waals surface area (Å²) in [6.07, 6.45) is 2.40. The maximum absolute atomic E-state index is 10.0. The maximum atomic E-state index is 10.0. The van der Waals surface area contributed by atoms with E-state index in [9.17, 15) is 10.2 Å². The van der Waals surface area contributed by atoms with Crippen LogP contribution in [0.1, 0.15) is 29.2 Å². The van der Waals surface area contributed by atoms with Crippen LogP contribution in [0.15, 0.2) is 29.3 Å². The summed E-state index contributed by atoms with van der Waals surface area (Å²) in [4.78, 5) is 4.28. The van der Waals surface area contributed by atoms with Gasteiger partial charge in [0.1, 0.15) is 17.2 Å². The zero-order chi connectivity index (χ0) is 15.6. The van der Waals surface area contributed by atoms with E-state index in [1.54, 1.807) is 12.1 Å². The topological polar surface area (TPSA) is 52.8 Å². The van der Waals surface area contributed by atoms with E-state index in [0.29, 0.717) is 16.3 Å². The van der Waals surface area contributed by atoms with Crippen molar-refractivity contribution in [2.45, 2.75) is 27.2 Å². The van der Waals surface area contributed by atoms with Gasteiger partial charge in [-0.15, -0.1) is 0 Å². The lowest BCUT2D eigenvalue weighted by atomic mass is 10.0. The number of hydrogen-bond acceptors (Lipinski definition) is 3. The molecule has 0 radical (unpaired) electrons. The second-order valence-electron chi connectivity index (χ2n) is 5.00. The van der Waals surface area contributed by atoms with Crippen molar-refractivity contribution in [3.05, 3.63) is 51.5 Å². The van der Waals surface area contributed by atoms with Gasteiger partial charge in [0.2, 0.25) is 0 Å². The van der Waals surface area contributed by atoms with Crippen LogP contribution in [0, 0.1) is 13.8 Å². The first-order chi connectivity index (χ1) is 9.93. The van der Waals surface area contributed by atoms with Gasteiger partial charge in [0.25, 0.3) is 0 Å². The van der Waals surface area contributed by atoms with Crippen LogP contribution in [-0.4, -0.2) is 16.4 Å². The van der Waals surface area contributed by atoms with Crippen molar-refractivity contribution in [3.8, 4) is 11.5 Å². The zero-order valence-electron chi connectivity index (χ0n) is 12.3. The number of phenolic OH excluding ortho intramolecular Hbond substituents is 2. The summed E-state index contributed by atoms with van der Waals surface area (Å²) in [7, 11) is 0. The lowest BCUT2D eigenvalue weighted by Crippen LogP contribution is -1.92. The summed E-state index contributed by atoms with van der Waals surface area (Å²) in [5, 5.41) is 20.5. The van der Waals surface area contributed by atoms with Crippen LogP contribution in [0.3, 0.4) is 0 Å². The predicted molar refractivity (Wildman–Crippen MR) is 87.3 cm³/mol. The fraction of sp³-hybridized carbons (Fsp3) is 0.235. The first kappa shape index (κ1) is 15.4. The molecule has 21 heavy (non-hydrogen) atoms. The van der Waals surface area contributed by atoms with Gasteiger partial charge in [0.15, 0.2) is 0 Å². The van der Waals surface area contributed by atoms with E-state index in [-0.39, 0.29) is 11.5 Å². The van der Waals surface area contributed by atoms with Crippen molar-refractivity contribution in [2.24, 2.45) is 4.99 Å². The Balaban J connectivity index is 2.45. The standard InChI is InChI=1S/C17H18ClNO2/c1-4-12-5-6-15(20)14(8-12)19-9-13-11(3)17(18)10(2)7-16(13)21/h5-9,20-21H,4H2,1-3H3. The molecule has 0 heterocycles. The summed E-state index contributed by atoms with van der Waals surface area (Å²) < 4.78 is 0. The molecular formula is C17H18ClNO2. The van der Waals surface area contributed by atoms with E-state index in [4.69, 9.17) is 11.6 Å². The number of benzene rings is 2. The van der Waals surface area contributed by atoms with Crippen molar-refractivity contribution in [3.63, 3.8) is 0 Å². The predicted octanol–water partition coefficient (Wildman–Crippen LogP) is 4.68. The van der Waals surface area contributed by atoms with Crippen molar-refractivity contribution >= 4 is 23.5 Å². The Morgan fingerprint density at radius 3 is 2.52 bits per heavy atom. The Kier molecular flexibility index (Phi) is 4.53. The zero-order valence-corrected chi connectivity index (χ0v) is 13.1. The first-order valence-electron chi connectivity index (χ1n) is 6.78. The molecule has 0 aliphatic rings. The molecule has 3 nitrogen and oxygen atoms in total. The number of halogens is 1. The Morgan fingerprint density at radius 1 is 1.14 bits per heavy atom. The molecule has 0 spiro atoms. The molecule has 2 aromatic rings. The second-order valence-corrected chi connectivity index (χ2v) is 5.38. The molecule has 0 aliphatic heterocycles. The molecular weight excluding hydrogens is 286 g/mol. The summed E-state index contributed by atoms with van der Waals surface area (Å²) in [5.41, 5.74) is 3.71. The van der Waals surface area contributed by atoms with Crippen LogP contribution in [0.25, 0.3) is 0 Å². The minimum Gasteiger partial charge on any atom is -0.507 e. The van der Waals surface area contributed by atoms with E-state index in [1.807, 2.05) is 32.9 Å². The molecule has 0 saturated carbocycles. The van der Waals surface area contributed by atoms with Crippen LogP contribution < -0.4 is 0 Å². The van der Waals surface area contributed by atoms with Gasteiger partial charge in [-0.1, -0.05) is 24.6 Å². The number of aryl methyl sites for hydroxylation is 2. The highest BCUT2D eigenvalue weighted by Crippen LogP contribution is 2.31. The second kappa shape index (κ2) is 6.19. The molecule has 0 atom stereocenters. The summed E-state index contributed by atoms with van der Waals surface area (Å²) in [6.45, 7) is 5.71. The molecule has 0 aliphatic carbocycles. The highest BCUT2D eigenvalue weighted by molar-refractivity contribution is 6.32. The van der Waals surface area contributed by atoms with E-state index in [0.717, 1.165) is 23.1 Å². The number of nitrogens with zero attached hydrogens (tertiary/aromatic N) is 1. The summed E-state index contributed by atoms with van der Waals surface area (Å²) >= 11 is 6.19. The molecule has 0 unspecified atom stereocenters. The van der Waals surface area contributed by atoms with Crippen LogP contribution in [-0.2, 0) is 6.42 Å². The van der Waals surface area contributed by atoms with Gasteiger partial charge < -0.3 is 10.2 Å². The van der Waals surface area contributed by atoms with Gasteiger partial charge in [0.05, 0.1) is 0 Å². The largest absolute Gasteiger partial charge is 0.507 e. The molecule has 0 amide bonds. The minimum atomic E-state index is 0.110. The molecule has 2 N–H and O–H groups in total. The Morgan fingerprint density at radius 2 is 1.86 bits per heavy atom. The Bertz CT molecular complexity index is 708. The third-order valence-electron chi connectivity index (χ3n) is 3.49. The molecule has 0 fully saturated rings. The molecule has 0 bridgehead atoms. The van der Waals surface area contributed by atoms with Gasteiger partial charge in [-0.2, -0.15) is 0 Å². The smallest absolute Gasteiger partial charge is 0.141 e. The van der Waals surface area contributed by atoms with Crippen molar-refractivity contribution in [2.75, 3.05) is 0 Å². The van der Waals surface area contributed by atoms with Crippen molar-refractivity contribution in [1.82, 2.24) is 0 Å². The monoisotopic (exact) mass is 303 g/mol. The van der Waals surface area contributed by atoms with E-state index in [2.05, 4.69) is 4.99 Å². The average Bonchev–Trinajstić information content (AvgIpc) is 2.46. The van der Waals surface area contributed by atoms with Crippen LogP contribution in [0.4, 0.5) is 5.69 Å². The average molecular weight is 304 g/mol. The number of phenols is 2. The third kappa shape index (κ3) is 3.19. The van der Waals surface area contributed by atoms with E-state index in [1.165, 1.54) is 6.21 Å². The third-order valence-corrected chi connectivity index (χ3v) is 4.07. The fourth-order valence-electron chi connectivity index (χ4n) is 2.14. The first-order valence-corrected chi connectivity index (χ1v) is 7.16. The molecule has 2 aromatic carbocycles. The number of aromatic hydroxyl groups is 2.